The highest BCUT2D eigenvalue weighted by Crippen LogP contribution is 2.28. The number of nitrogens with zero attached hydrogens (tertiary/aromatic N) is 6. The van der Waals surface area contributed by atoms with E-state index in [0.717, 1.165) is 5.56 Å². The second-order valence-corrected chi connectivity index (χ2v) is 10.5. The van der Waals surface area contributed by atoms with Gasteiger partial charge in [-0.3, -0.25) is 13.9 Å². The number of imidazole rings is 1. The van der Waals surface area contributed by atoms with Crippen molar-refractivity contribution in [2.24, 2.45) is 0 Å². The van der Waals surface area contributed by atoms with Crippen molar-refractivity contribution in [2.45, 2.75) is 45.8 Å². The van der Waals surface area contributed by atoms with Crippen LogP contribution in [0, 0.1) is 6.92 Å². The quantitative estimate of drug-likeness (QED) is 0.408. The highest BCUT2D eigenvalue weighted by atomic mass is 16.6. The Bertz CT molecular complexity index is 1620. The van der Waals surface area contributed by atoms with Crippen molar-refractivity contribution >= 4 is 34.8 Å². The summed E-state index contributed by atoms with van der Waals surface area (Å²) in [5, 5.41) is 2.77. The van der Waals surface area contributed by atoms with E-state index in [1.807, 2.05) is 33.8 Å². The number of fused-ring (bicyclic) bond motifs is 1. The number of pyridine rings is 1. The van der Waals surface area contributed by atoms with Gasteiger partial charge in [0.15, 0.2) is 11.5 Å². The minimum atomic E-state index is -0.622. The number of carbonyl (C=O) groups excluding carboxylic acids is 2. The highest BCUT2D eigenvalue weighted by molar-refractivity contribution is 6.03. The fourth-order valence-corrected chi connectivity index (χ4v) is 4.64. The molecule has 0 spiro atoms. The molecule has 0 unspecified atom stereocenters. The predicted octanol–water partition coefficient (Wildman–Crippen LogP) is 3.30. The van der Waals surface area contributed by atoms with Crippen LogP contribution in [0.1, 0.15) is 49.2 Å². The number of rotatable bonds is 4. The molecule has 3 aromatic heterocycles. The predicted molar refractivity (Wildman–Crippen MR) is 146 cm³/mol. The van der Waals surface area contributed by atoms with Crippen molar-refractivity contribution in [2.75, 3.05) is 24.1 Å². The largest absolute Gasteiger partial charge is 0.444 e. The molecular weight excluding hydrogens is 500 g/mol. The van der Waals surface area contributed by atoms with Crippen molar-refractivity contribution in [3.8, 4) is 5.69 Å². The van der Waals surface area contributed by atoms with E-state index in [1.165, 1.54) is 10.9 Å². The molecule has 202 valence electrons. The lowest BCUT2D eigenvalue weighted by Gasteiger charge is -2.24. The lowest BCUT2D eigenvalue weighted by molar-refractivity contribution is 0.0289. The van der Waals surface area contributed by atoms with Crippen molar-refractivity contribution in [1.82, 2.24) is 29.0 Å². The Kier molecular flexibility index (Phi) is 6.54. The van der Waals surface area contributed by atoms with E-state index in [1.54, 1.807) is 46.0 Å². The standard InChI is InChI=1S/C27H30N8O4/c1-16-9-11-29-20(13-16)32-24(36)17-5-7-18(8-6-17)34-21-22(28)30-15-31-23(21)35(25(34)37)19-10-12-33(14-19)26(38)39-27(2,3)4/h5-9,11,13,15,19H,10,12,14H2,1-4H3,(H2,28,30,31)(H,29,32,36)/t19-/m1/s1. The summed E-state index contributed by atoms with van der Waals surface area (Å²) in [4.78, 5) is 53.4. The number of amides is 2. The molecule has 1 fully saturated rings. The SMILES string of the molecule is Cc1ccnc(NC(=O)c2ccc(-n3c(=O)n([C@@H]4CCN(C(=O)OC(C)(C)C)C4)c4ncnc(N)c43)cc2)c1. The normalized spacial score (nSPS) is 15.5. The summed E-state index contributed by atoms with van der Waals surface area (Å²) in [5.74, 6) is 0.265. The molecule has 12 heteroatoms. The molecule has 0 aliphatic carbocycles. The summed E-state index contributed by atoms with van der Waals surface area (Å²) in [6, 6.07) is 9.86. The van der Waals surface area contributed by atoms with Crippen LogP contribution in [0.5, 0.6) is 0 Å². The van der Waals surface area contributed by atoms with Crippen LogP contribution in [-0.4, -0.2) is 59.7 Å². The van der Waals surface area contributed by atoms with Gasteiger partial charge in [0.25, 0.3) is 5.91 Å². The Morgan fingerprint density at radius 2 is 1.85 bits per heavy atom. The van der Waals surface area contributed by atoms with Gasteiger partial charge in [-0.1, -0.05) is 0 Å². The maximum absolute atomic E-state index is 13.8. The fourth-order valence-electron chi connectivity index (χ4n) is 4.64. The molecule has 0 bridgehead atoms. The van der Waals surface area contributed by atoms with E-state index in [9.17, 15) is 14.4 Å². The molecule has 1 aliphatic heterocycles. The second kappa shape index (κ2) is 9.86. The number of aryl methyl sites for hydroxylation is 1. The van der Waals surface area contributed by atoms with E-state index in [0.29, 0.717) is 47.7 Å². The van der Waals surface area contributed by atoms with E-state index in [2.05, 4.69) is 20.3 Å². The zero-order valence-corrected chi connectivity index (χ0v) is 22.2. The number of nitrogens with one attached hydrogen (secondary N) is 1. The number of nitrogens with two attached hydrogens (primary N) is 1. The summed E-state index contributed by atoms with van der Waals surface area (Å²) < 4.78 is 8.50. The zero-order valence-electron chi connectivity index (χ0n) is 22.2. The number of anilines is 2. The van der Waals surface area contributed by atoms with Gasteiger partial charge in [-0.25, -0.2) is 24.5 Å². The topological polar surface area (TPSA) is 150 Å². The van der Waals surface area contributed by atoms with Gasteiger partial charge in [-0.2, -0.15) is 0 Å². The number of hydrogen-bond donors (Lipinski definition) is 2. The van der Waals surface area contributed by atoms with E-state index >= 15 is 0 Å². The first kappa shape index (κ1) is 25.9. The van der Waals surface area contributed by atoms with Gasteiger partial charge >= 0.3 is 11.8 Å². The van der Waals surface area contributed by atoms with Gasteiger partial charge in [0.1, 0.15) is 23.3 Å². The molecule has 39 heavy (non-hydrogen) atoms. The molecule has 5 rings (SSSR count). The van der Waals surface area contributed by atoms with Crippen molar-refractivity contribution < 1.29 is 14.3 Å². The van der Waals surface area contributed by atoms with Gasteiger partial charge in [0.2, 0.25) is 0 Å². The number of carbonyl (C=O) groups is 2. The van der Waals surface area contributed by atoms with Gasteiger partial charge < -0.3 is 20.7 Å². The molecule has 1 aliphatic rings. The van der Waals surface area contributed by atoms with Crippen LogP contribution in [0.4, 0.5) is 16.4 Å². The average Bonchev–Trinajstić information content (AvgIpc) is 3.46. The first-order valence-corrected chi connectivity index (χ1v) is 12.6. The lowest BCUT2D eigenvalue weighted by Crippen LogP contribution is -2.36. The molecule has 4 aromatic rings. The molecule has 1 aromatic carbocycles. The van der Waals surface area contributed by atoms with Crippen LogP contribution in [-0.2, 0) is 4.74 Å². The minimum Gasteiger partial charge on any atom is -0.444 e. The summed E-state index contributed by atoms with van der Waals surface area (Å²) >= 11 is 0. The van der Waals surface area contributed by atoms with Gasteiger partial charge in [-0.15, -0.1) is 0 Å². The molecular formula is C27H30N8O4. The van der Waals surface area contributed by atoms with Gasteiger partial charge in [-0.05, 0) is 76.1 Å². The van der Waals surface area contributed by atoms with Crippen molar-refractivity contribution in [1.29, 1.82) is 0 Å². The summed E-state index contributed by atoms with van der Waals surface area (Å²) in [6.45, 7) is 8.08. The maximum Gasteiger partial charge on any atom is 0.410 e. The molecule has 2 amide bonds. The first-order chi connectivity index (χ1) is 18.5. The third kappa shape index (κ3) is 5.17. The van der Waals surface area contributed by atoms with Gasteiger partial charge in [0.05, 0.1) is 11.7 Å². The number of likely N-dealkylation sites (tertiary alicyclic amines) is 1. The molecule has 12 nitrogen and oxygen atoms in total. The Morgan fingerprint density at radius 1 is 1.10 bits per heavy atom. The number of benzene rings is 1. The molecule has 0 radical (unpaired) electrons. The third-order valence-corrected chi connectivity index (χ3v) is 6.41. The van der Waals surface area contributed by atoms with Crippen molar-refractivity contribution in [3.63, 3.8) is 0 Å². The summed E-state index contributed by atoms with van der Waals surface area (Å²) in [5.41, 5.74) is 7.83. The monoisotopic (exact) mass is 530 g/mol. The summed E-state index contributed by atoms with van der Waals surface area (Å²) in [6.07, 6.45) is 3.06. The Hall–Kier alpha value is -4.74. The molecule has 4 heterocycles. The van der Waals surface area contributed by atoms with E-state index in [4.69, 9.17) is 10.5 Å². The Balaban J connectivity index is 1.46. The zero-order chi connectivity index (χ0) is 27.9. The van der Waals surface area contributed by atoms with E-state index in [-0.39, 0.29) is 23.5 Å². The summed E-state index contributed by atoms with van der Waals surface area (Å²) in [7, 11) is 0. The van der Waals surface area contributed by atoms with Crippen LogP contribution in [0.3, 0.4) is 0 Å². The Morgan fingerprint density at radius 3 is 2.54 bits per heavy atom. The van der Waals surface area contributed by atoms with Crippen LogP contribution in [0.2, 0.25) is 0 Å². The number of ether oxygens (including phenoxy) is 1. The fraction of sp³-hybridized carbons (Fsp3) is 0.333. The van der Waals surface area contributed by atoms with Crippen LogP contribution < -0.4 is 16.7 Å². The van der Waals surface area contributed by atoms with E-state index < -0.39 is 11.7 Å². The second-order valence-electron chi connectivity index (χ2n) is 10.5. The van der Waals surface area contributed by atoms with Crippen LogP contribution in [0.25, 0.3) is 16.9 Å². The minimum absolute atomic E-state index is 0.144. The third-order valence-electron chi connectivity index (χ3n) is 6.41. The first-order valence-electron chi connectivity index (χ1n) is 12.6. The average molecular weight is 531 g/mol. The van der Waals surface area contributed by atoms with Crippen molar-refractivity contribution in [3.05, 3.63) is 70.5 Å². The van der Waals surface area contributed by atoms with Crippen LogP contribution in [0.15, 0.2) is 53.7 Å². The smallest absolute Gasteiger partial charge is 0.410 e. The Labute approximate surface area is 224 Å². The molecule has 0 saturated carbocycles. The molecule has 1 atom stereocenters. The van der Waals surface area contributed by atoms with Gasteiger partial charge in [0, 0.05) is 24.8 Å². The molecule has 3 N–H and O–H groups in total. The number of hydrogen-bond acceptors (Lipinski definition) is 8. The lowest BCUT2D eigenvalue weighted by atomic mass is 10.2. The number of nitrogen functional groups attached to an aromatic ring is 1. The highest BCUT2D eigenvalue weighted by Gasteiger charge is 2.34. The number of aromatic nitrogens is 5. The molecule has 1 saturated heterocycles. The maximum atomic E-state index is 13.8. The van der Waals surface area contributed by atoms with Crippen LogP contribution >= 0.6 is 0 Å².